The summed E-state index contributed by atoms with van der Waals surface area (Å²) in [7, 11) is -2.00. The number of halogens is 3. The van der Waals surface area contributed by atoms with E-state index in [1.807, 2.05) is 35.2 Å². The van der Waals surface area contributed by atoms with Crippen molar-refractivity contribution in [1.29, 1.82) is 0 Å². The van der Waals surface area contributed by atoms with Gasteiger partial charge in [0.1, 0.15) is 11.6 Å². The van der Waals surface area contributed by atoms with E-state index < -0.39 is 39.5 Å². The molecule has 0 saturated carbocycles. The first kappa shape index (κ1) is 20.6. The minimum absolute atomic E-state index is 0.189. The van der Waals surface area contributed by atoms with E-state index in [4.69, 9.17) is 11.6 Å². The first-order chi connectivity index (χ1) is 14.3. The van der Waals surface area contributed by atoms with Crippen molar-refractivity contribution in [2.75, 3.05) is 22.7 Å². The number of aliphatic carboxylic acids is 1. The first-order valence-electron chi connectivity index (χ1n) is 9.17. The standard InChI is InChI=1S/C21H17ClF2N2O3S/c22-20-16(24)9-13(23)10-19(20)30(29)25-17-5-6-18(15-4-2-1-3-14(15)17)26-8-7-12(11-26)21(27)28/h1-6,9-10,12,25H,7-8,11H2,(H,27,28)/t12-,30?/m1/s1. The van der Waals surface area contributed by atoms with Crippen LogP contribution < -0.4 is 9.62 Å². The minimum atomic E-state index is -2.00. The van der Waals surface area contributed by atoms with Gasteiger partial charge in [0, 0.05) is 35.6 Å². The third kappa shape index (κ3) is 3.85. The summed E-state index contributed by atoms with van der Waals surface area (Å²) in [5, 5.41) is 10.5. The zero-order valence-corrected chi connectivity index (χ0v) is 17.1. The van der Waals surface area contributed by atoms with Crippen molar-refractivity contribution in [2.45, 2.75) is 11.3 Å². The quantitative estimate of drug-likeness (QED) is 0.547. The summed E-state index contributed by atoms with van der Waals surface area (Å²) in [5.74, 6) is -3.08. The Balaban J connectivity index is 1.69. The number of fused-ring (bicyclic) bond motifs is 1. The number of hydrogen-bond acceptors (Lipinski definition) is 3. The highest BCUT2D eigenvalue weighted by molar-refractivity contribution is 7.86. The fourth-order valence-corrected chi connectivity index (χ4v) is 4.94. The van der Waals surface area contributed by atoms with Crippen LogP contribution in [0.25, 0.3) is 10.8 Å². The Kier molecular flexibility index (Phi) is 5.62. The molecule has 1 saturated heterocycles. The molecule has 0 aromatic heterocycles. The van der Waals surface area contributed by atoms with E-state index in [2.05, 4.69) is 4.72 Å². The number of rotatable bonds is 5. The van der Waals surface area contributed by atoms with Gasteiger partial charge in [0.2, 0.25) is 0 Å². The zero-order chi connectivity index (χ0) is 21.4. The van der Waals surface area contributed by atoms with Crippen molar-refractivity contribution in [1.82, 2.24) is 0 Å². The van der Waals surface area contributed by atoms with Gasteiger partial charge in [0.05, 0.1) is 21.5 Å². The fourth-order valence-electron chi connectivity index (χ4n) is 3.65. The molecule has 4 rings (SSSR count). The van der Waals surface area contributed by atoms with Gasteiger partial charge in [-0.15, -0.1) is 0 Å². The Morgan fingerprint density at radius 1 is 1.17 bits per heavy atom. The Labute approximate surface area is 178 Å². The lowest BCUT2D eigenvalue weighted by Gasteiger charge is -2.22. The molecule has 30 heavy (non-hydrogen) atoms. The number of carboxylic acid groups (broad SMARTS) is 1. The molecule has 1 aliphatic heterocycles. The van der Waals surface area contributed by atoms with Crippen molar-refractivity contribution in [3.05, 3.63) is 65.2 Å². The van der Waals surface area contributed by atoms with Crippen LogP contribution in [0.15, 0.2) is 53.4 Å². The maximum Gasteiger partial charge on any atom is 0.308 e. The second kappa shape index (κ2) is 8.20. The maximum atomic E-state index is 13.7. The first-order valence-corrected chi connectivity index (χ1v) is 10.7. The van der Waals surface area contributed by atoms with Gasteiger partial charge < -0.3 is 14.7 Å². The van der Waals surface area contributed by atoms with E-state index in [1.165, 1.54) is 0 Å². The van der Waals surface area contributed by atoms with Gasteiger partial charge >= 0.3 is 5.97 Å². The maximum absolute atomic E-state index is 13.7. The summed E-state index contributed by atoms with van der Waals surface area (Å²) in [6.07, 6.45) is 0.567. The number of benzene rings is 3. The van der Waals surface area contributed by atoms with Crippen LogP contribution in [0, 0.1) is 17.6 Å². The van der Waals surface area contributed by atoms with Gasteiger partial charge in [-0.2, -0.15) is 0 Å². The average molecular weight is 451 g/mol. The molecule has 1 heterocycles. The molecule has 1 fully saturated rings. The lowest BCUT2D eigenvalue weighted by molar-refractivity contribution is -0.140. The van der Waals surface area contributed by atoms with Crippen molar-refractivity contribution in [3.8, 4) is 0 Å². The normalized spacial score (nSPS) is 17.3. The van der Waals surface area contributed by atoms with E-state index in [-0.39, 0.29) is 4.90 Å². The predicted octanol–water partition coefficient (Wildman–Crippen LogP) is 4.82. The van der Waals surface area contributed by atoms with Crippen molar-refractivity contribution >= 4 is 50.7 Å². The molecule has 0 amide bonds. The third-order valence-corrected chi connectivity index (χ3v) is 6.76. The summed E-state index contributed by atoms with van der Waals surface area (Å²) in [5.41, 5.74) is 1.38. The predicted molar refractivity (Wildman–Crippen MR) is 113 cm³/mol. The van der Waals surface area contributed by atoms with E-state index in [9.17, 15) is 22.9 Å². The summed E-state index contributed by atoms with van der Waals surface area (Å²) in [6, 6.07) is 12.5. The van der Waals surface area contributed by atoms with Crippen LogP contribution in [0.4, 0.5) is 20.2 Å². The number of nitrogens with zero attached hydrogens (tertiary/aromatic N) is 1. The molecular formula is C21H17ClF2N2O3S. The fraction of sp³-hybridized carbons (Fsp3) is 0.190. The SMILES string of the molecule is O=C(O)[C@@H]1CCN(c2ccc(NS(=O)c3cc(F)cc(F)c3Cl)c3ccccc23)C1. The van der Waals surface area contributed by atoms with Gasteiger partial charge in [0.25, 0.3) is 0 Å². The highest BCUT2D eigenvalue weighted by Gasteiger charge is 2.29. The van der Waals surface area contributed by atoms with Crippen LogP contribution in [0.3, 0.4) is 0 Å². The lowest BCUT2D eigenvalue weighted by atomic mass is 10.1. The Morgan fingerprint density at radius 2 is 1.90 bits per heavy atom. The molecule has 0 spiro atoms. The van der Waals surface area contributed by atoms with Gasteiger partial charge in [-0.25, -0.2) is 13.0 Å². The molecule has 3 aromatic rings. The summed E-state index contributed by atoms with van der Waals surface area (Å²) < 4.78 is 42.8. The summed E-state index contributed by atoms with van der Waals surface area (Å²) in [4.78, 5) is 13.1. The van der Waals surface area contributed by atoms with E-state index in [0.717, 1.165) is 22.5 Å². The van der Waals surface area contributed by atoms with Crippen LogP contribution in [-0.4, -0.2) is 28.4 Å². The second-order valence-corrected chi connectivity index (χ2v) is 8.58. The van der Waals surface area contributed by atoms with E-state index in [0.29, 0.717) is 31.3 Å². The van der Waals surface area contributed by atoms with E-state index >= 15 is 0 Å². The number of hydrogen-bond donors (Lipinski definition) is 2. The molecule has 0 aliphatic carbocycles. The third-order valence-electron chi connectivity index (χ3n) is 5.14. The van der Waals surface area contributed by atoms with Crippen molar-refractivity contribution in [2.24, 2.45) is 5.92 Å². The van der Waals surface area contributed by atoms with Gasteiger partial charge in [-0.05, 0) is 24.6 Å². The molecule has 2 atom stereocenters. The number of carboxylic acids is 1. The highest BCUT2D eigenvalue weighted by atomic mass is 35.5. The molecule has 156 valence electrons. The Morgan fingerprint density at radius 3 is 2.60 bits per heavy atom. The lowest BCUT2D eigenvalue weighted by Crippen LogP contribution is -2.22. The van der Waals surface area contributed by atoms with Crippen LogP contribution in [0.2, 0.25) is 5.02 Å². The number of anilines is 2. The molecule has 1 aliphatic rings. The largest absolute Gasteiger partial charge is 0.481 e. The van der Waals surface area contributed by atoms with Crippen LogP contribution >= 0.6 is 11.6 Å². The topological polar surface area (TPSA) is 69.6 Å². The van der Waals surface area contributed by atoms with Gasteiger partial charge in [0.15, 0.2) is 11.0 Å². The molecule has 9 heteroatoms. The Bertz CT molecular complexity index is 1170. The van der Waals surface area contributed by atoms with E-state index in [1.54, 1.807) is 6.07 Å². The van der Waals surface area contributed by atoms with Gasteiger partial charge in [-0.3, -0.25) is 4.79 Å². The second-order valence-electron chi connectivity index (χ2n) is 7.02. The molecular weight excluding hydrogens is 434 g/mol. The van der Waals surface area contributed by atoms with Gasteiger partial charge in [-0.1, -0.05) is 35.9 Å². The average Bonchev–Trinajstić information content (AvgIpc) is 3.21. The molecule has 2 N–H and O–H groups in total. The van der Waals surface area contributed by atoms with Crippen molar-refractivity contribution in [3.63, 3.8) is 0 Å². The molecule has 0 radical (unpaired) electrons. The monoisotopic (exact) mass is 450 g/mol. The van der Waals surface area contributed by atoms with Crippen molar-refractivity contribution < 1.29 is 22.9 Å². The minimum Gasteiger partial charge on any atom is -0.481 e. The summed E-state index contributed by atoms with van der Waals surface area (Å²) in [6.45, 7) is 1.04. The Hall–Kier alpha value is -2.71. The zero-order valence-electron chi connectivity index (χ0n) is 15.6. The van der Waals surface area contributed by atoms with Crippen LogP contribution in [0.5, 0.6) is 0 Å². The smallest absolute Gasteiger partial charge is 0.308 e. The molecule has 5 nitrogen and oxygen atoms in total. The summed E-state index contributed by atoms with van der Waals surface area (Å²) >= 11 is 5.87. The van der Waals surface area contributed by atoms with Crippen LogP contribution in [0.1, 0.15) is 6.42 Å². The molecule has 1 unspecified atom stereocenters. The number of carbonyl (C=O) groups is 1. The van der Waals surface area contributed by atoms with Crippen LogP contribution in [-0.2, 0) is 15.8 Å². The molecule has 0 bridgehead atoms. The highest BCUT2D eigenvalue weighted by Crippen LogP contribution is 2.36. The number of nitrogens with one attached hydrogen (secondary N) is 1. The molecule has 3 aromatic carbocycles.